The van der Waals surface area contributed by atoms with Crippen molar-refractivity contribution in [2.24, 2.45) is 0 Å². The lowest BCUT2D eigenvalue weighted by molar-refractivity contribution is 0.980. The number of fused-ring (bicyclic) bond motifs is 6. The Hall–Kier alpha value is -6.40. The Morgan fingerprint density at radius 1 is 0.525 bits per heavy atom. The molecule has 0 aliphatic heterocycles. The van der Waals surface area contributed by atoms with E-state index in [0.29, 0.717) is 21.3 Å². The molecular formula is C48H35BrN6O2S2. The standard InChI is InChI=1S/C24H17N3OS.C12H9Br.C12H9N3OS/c1-29-24-25-15-20-19-12-5-6-13-21(19)27(23(28)22(20)26-24)18-11-7-10-17(14-18)16-8-3-2-4-9-16;13-12-8-4-7-11(9-12)10-5-2-1-3-6-10;1-17-12-13-6-8-7-4-2-3-5-9(7)14-11(16)10(8)15-12/h2-15H,1H3;1-9H;2-6H,1H3,(H,14,16). The van der Waals surface area contributed by atoms with Crippen LogP contribution in [-0.2, 0) is 0 Å². The predicted molar refractivity (Wildman–Crippen MR) is 249 cm³/mol. The lowest BCUT2D eigenvalue weighted by atomic mass is 10.0. The van der Waals surface area contributed by atoms with Crippen LogP contribution < -0.4 is 11.1 Å². The molecular weight excluding hydrogens is 837 g/mol. The van der Waals surface area contributed by atoms with Gasteiger partial charge in [0.2, 0.25) is 0 Å². The second-order valence-corrected chi connectivity index (χ2v) is 15.7. The minimum Gasteiger partial charge on any atom is -0.320 e. The molecule has 4 heterocycles. The number of H-pyrrole nitrogens is 1. The molecule has 1 N–H and O–H groups in total. The van der Waals surface area contributed by atoms with Crippen molar-refractivity contribution in [2.75, 3.05) is 12.5 Å². The maximum atomic E-state index is 13.5. The fourth-order valence-electron chi connectivity index (χ4n) is 6.79. The van der Waals surface area contributed by atoms with Gasteiger partial charge in [-0.05, 0) is 71.2 Å². The van der Waals surface area contributed by atoms with E-state index in [9.17, 15) is 9.59 Å². The van der Waals surface area contributed by atoms with Crippen LogP contribution in [0.5, 0.6) is 0 Å². The largest absolute Gasteiger partial charge is 0.320 e. The molecule has 59 heavy (non-hydrogen) atoms. The molecule has 8 nitrogen and oxygen atoms in total. The Bertz CT molecular complexity index is 3220. The first kappa shape index (κ1) is 39.4. The van der Waals surface area contributed by atoms with Gasteiger partial charge in [0.15, 0.2) is 10.3 Å². The lowest BCUT2D eigenvalue weighted by Crippen LogP contribution is -2.20. The van der Waals surface area contributed by atoms with Crippen LogP contribution in [0.1, 0.15) is 0 Å². The van der Waals surface area contributed by atoms with Crippen LogP contribution in [0.25, 0.3) is 71.6 Å². The average Bonchev–Trinajstić information content (AvgIpc) is 3.30. The molecule has 0 unspecified atom stereocenters. The smallest absolute Gasteiger partial charge is 0.282 e. The fourth-order valence-corrected chi connectivity index (χ4v) is 7.87. The van der Waals surface area contributed by atoms with Crippen molar-refractivity contribution >= 4 is 83.1 Å². The Kier molecular flexibility index (Phi) is 12.0. The normalized spacial score (nSPS) is 10.9. The van der Waals surface area contributed by atoms with Gasteiger partial charge in [-0.3, -0.25) is 14.2 Å². The number of hydrogen-bond acceptors (Lipinski definition) is 8. The van der Waals surface area contributed by atoms with E-state index in [1.807, 2.05) is 116 Å². The van der Waals surface area contributed by atoms with E-state index in [1.165, 1.54) is 34.7 Å². The number of hydrogen-bond donors (Lipinski definition) is 1. The van der Waals surface area contributed by atoms with Gasteiger partial charge in [-0.2, -0.15) is 0 Å². The van der Waals surface area contributed by atoms with Crippen molar-refractivity contribution in [2.45, 2.75) is 10.3 Å². The van der Waals surface area contributed by atoms with Crippen LogP contribution in [0.3, 0.4) is 0 Å². The van der Waals surface area contributed by atoms with Gasteiger partial charge in [0, 0.05) is 49.6 Å². The van der Waals surface area contributed by atoms with Crippen molar-refractivity contribution in [1.82, 2.24) is 29.5 Å². The molecule has 10 aromatic rings. The predicted octanol–water partition coefficient (Wildman–Crippen LogP) is 11.6. The van der Waals surface area contributed by atoms with Crippen molar-refractivity contribution in [1.29, 1.82) is 0 Å². The van der Waals surface area contributed by atoms with E-state index < -0.39 is 0 Å². The first-order valence-corrected chi connectivity index (χ1v) is 21.8. The van der Waals surface area contributed by atoms with Gasteiger partial charge in [0.05, 0.1) is 5.52 Å². The first-order chi connectivity index (χ1) is 28.9. The molecule has 0 atom stereocenters. The minimum absolute atomic E-state index is 0.137. The summed E-state index contributed by atoms with van der Waals surface area (Å²) in [7, 11) is 0. The number of nitrogens with one attached hydrogen (secondary N) is 1. The van der Waals surface area contributed by atoms with Crippen molar-refractivity contribution in [3.63, 3.8) is 0 Å². The zero-order valence-corrected chi connectivity index (χ0v) is 35.1. The first-order valence-electron chi connectivity index (χ1n) is 18.5. The third-order valence-electron chi connectivity index (χ3n) is 9.56. The number of aromatic nitrogens is 6. The fraction of sp³-hybridized carbons (Fsp3) is 0.0417. The monoisotopic (exact) mass is 870 g/mol. The van der Waals surface area contributed by atoms with Gasteiger partial charge in [-0.1, -0.05) is 161 Å². The van der Waals surface area contributed by atoms with Crippen LogP contribution in [0.15, 0.2) is 194 Å². The summed E-state index contributed by atoms with van der Waals surface area (Å²) in [5.41, 5.74) is 7.72. The van der Waals surface area contributed by atoms with Crippen LogP contribution >= 0.6 is 39.5 Å². The van der Waals surface area contributed by atoms with Crippen LogP contribution in [0.2, 0.25) is 0 Å². The lowest BCUT2D eigenvalue weighted by Gasteiger charge is -2.14. The molecule has 0 radical (unpaired) electrons. The number of benzene rings is 6. The van der Waals surface area contributed by atoms with Crippen LogP contribution in [0.4, 0.5) is 0 Å². The highest BCUT2D eigenvalue weighted by Crippen LogP contribution is 2.28. The second-order valence-electron chi connectivity index (χ2n) is 13.2. The van der Waals surface area contributed by atoms with Crippen molar-refractivity contribution in [3.8, 4) is 27.9 Å². The van der Waals surface area contributed by atoms with Gasteiger partial charge >= 0.3 is 0 Å². The maximum absolute atomic E-state index is 13.5. The minimum atomic E-state index is -0.170. The molecule has 288 valence electrons. The summed E-state index contributed by atoms with van der Waals surface area (Å²) in [4.78, 5) is 45.6. The second kappa shape index (κ2) is 18.0. The molecule has 0 aliphatic rings. The van der Waals surface area contributed by atoms with E-state index in [2.05, 4.69) is 95.4 Å². The van der Waals surface area contributed by atoms with Gasteiger partial charge in [0.25, 0.3) is 11.1 Å². The summed E-state index contributed by atoms with van der Waals surface area (Å²) >= 11 is 6.31. The zero-order chi connectivity index (χ0) is 40.7. The Labute approximate surface area is 356 Å². The highest BCUT2D eigenvalue weighted by Gasteiger charge is 2.15. The zero-order valence-electron chi connectivity index (χ0n) is 31.9. The number of aromatic amines is 1. The molecule has 10 rings (SSSR count). The number of pyridine rings is 2. The molecule has 0 aliphatic carbocycles. The van der Waals surface area contributed by atoms with Crippen LogP contribution in [0, 0.1) is 0 Å². The topological polar surface area (TPSA) is 106 Å². The molecule has 6 aromatic carbocycles. The van der Waals surface area contributed by atoms with Crippen molar-refractivity contribution < 1.29 is 0 Å². The molecule has 0 spiro atoms. The summed E-state index contributed by atoms with van der Waals surface area (Å²) in [6.07, 6.45) is 7.26. The Morgan fingerprint density at radius 2 is 1.05 bits per heavy atom. The number of para-hydroxylation sites is 2. The van der Waals surface area contributed by atoms with E-state index in [-0.39, 0.29) is 11.1 Å². The third kappa shape index (κ3) is 8.59. The number of thioether (sulfide) groups is 2. The molecule has 11 heteroatoms. The van der Waals surface area contributed by atoms with Crippen LogP contribution in [-0.4, -0.2) is 42.0 Å². The summed E-state index contributed by atoms with van der Waals surface area (Å²) in [5, 5.41) is 4.70. The maximum Gasteiger partial charge on any atom is 0.282 e. The molecule has 0 bridgehead atoms. The summed E-state index contributed by atoms with van der Waals surface area (Å²) in [6, 6.07) is 52.4. The van der Waals surface area contributed by atoms with Gasteiger partial charge in [-0.25, -0.2) is 19.9 Å². The third-order valence-corrected chi connectivity index (χ3v) is 11.2. The molecule has 0 amide bonds. The quantitative estimate of drug-likeness (QED) is 0.104. The molecule has 0 saturated heterocycles. The van der Waals surface area contributed by atoms with E-state index in [4.69, 9.17) is 0 Å². The summed E-state index contributed by atoms with van der Waals surface area (Å²) in [6.45, 7) is 0. The number of nitrogens with zero attached hydrogens (tertiary/aromatic N) is 5. The van der Waals surface area contributed by atoms with Gasteiger partial charge in [-0.15, -0.1) is 0 Å². The van der Waals surface area contributed by atoms with Crippen molar-refractivity contribution in [3.05, 3.63) is 195 Å². The van der Waals surface area contributed by atoms with E-state index in [0.717, 1.165) is 53.9 Å². The van der Waals surface area contributed by atoms with Gasteiger partial charge < -0.3 is 4.98 Å². The molecule has 0 fully saturated rings. The highest BCUT2D eigenvalue weighted by molar-refractivity contribution is 9.10. The summed E-state index contributed by atoms with van der Waals surface area (Å²) < 4.78 is 2.87. The molecule has 4 aromatic heterocycles. The van der Waals surface area contributed by atoms with E-state index >= 15 is 0 Å². The van der Waals surface area contributed by atoms with E-state index in [1.54, 1.807) is 17.0 Å². The Morgan fingerprint density at radius 3 is 1.69 bits per heavy atom. The average molecular weight is 872 g/mol. The highest BCUT2D eigenvalue weighted by atomic mass is 79.9. The molecule has 0 saturated carbocycles. The summed E-state index contributed by atoms with van der Waals surface area (Å²) in [5.74, 6) is 0. The Balaban J connectivity index is 0.000000136. The van der Waals surface area contributed by atoms with Gasteiger partial charge in [0.1, 0.15) is 11.0 Å². The number of rotatable bonds is 5. The SMILES string of the molecule is Brc1cccc(-c2ccccc2)c1.CSc1ncc2c(n1)c(=O)[nH]c1ccccc12.CSc1ncc2c(n1)c(=O)n(-c1cccc(-c3ccccc3)c1)c1ccccc21. The number of halogens is 1.